The van der Waals surface area contributed by atoms with Crippen LogP contribution in [0.1, 0.15) is 24.1 Å². The monoisotopic (exact) mass is 261 g/mol. The van der Waals surface area contributed by atoms with E-state index in [0.717, 1.165) is 21.9 Å². The fourth-order valence-corrected chi connectivity index (χ4v) is 1.99. The molecule has 0 fully saturated rings. The van der Waals surface area contributed by atoms with Crippen molar-refractivity contribution < 1.29 is 4.74 Å². The molecular formula is C15H16ClNO. The number of hydrogen-bond acceptors (Lipinski definition) is 2. The van der Waals surface area contributed by atoms with E-state index in [0.29, 0.717) is 6.61 Å². The molecule has 0 spiro atoms. The zero-order valence-electron chi connectivity index (χ0n) is 10.3. The Kier molecular flexibility index (Phi) is 4.24. The van der Waals surface area contributed by atoms with Crippen molar-refractivity contribution in [3.63, 3.8) is 0 Å². The molecule has 1 atom stereocenters. The first-order chi connectivity index (χ1) is 8.66. The van der Waals surface area contributed by atoms with Gasteiger partial charge in [-0.05, 0) is 30.7 Å². The quantitative estimate of drug-likeness (QED) is 0.905. The van der Waals surface area contributed by atoms with Crippen molar-refractivity contribution in [2.24, 2.45) is 5.73 Å². The summed E-state index contributed by atoms with van der Waals surface area (Å²) in [5, 5.41) is 0.719. The van der Waals surface area contributed by atoms with E-state index in [9.17, 15) is 0 Å². The number of nitrogens with two attached hydrogens (primary N) is 1. The topological polar surface area (TPSA) is 35.2 Å². The maximum Gasteiger partial charge on any atom is 0.124 e. The lowest BCUT2D eigenvalue weighted by Crippen LogP contribution is -2.07. The fourth-order valence-electron chi connectivity index (χ4n) is 1.78. The molecule has 0 aliphatic heterocycles. The largest absolute Gasteiger partial charge is 0.489 e. The van der Waals surface area contributed by atoms with Crippen LogP contribution in [0.5, 0.6) is 5.75 Å². The van der Waals surface area contributed by atoms with E-state index in [1.54, 1.807) is 0 Å². The Balaban J connectivity index is 2.11. The molecule has 94 valence electrons. The van der Waals surface area contributed by atoms with Gasteiger partial charge in [0.05, 0.1) is 0 Å². The van der Waals surface area contributed by atoms with Crippen LogP contribution < -0.4 is 10.5 Å². The number of rotatable bonds is 4. The molecule has 2 aromatic carbocycles. The van der Waals surface area contributed by atoms with Crippen LogP contribution in [-0.4, -0.2) is 0 Å². The van der Waals surface area contributed by atoms with Crippen LogP contribution >= 0.6 is 11.6 Å². The number of benzene rings is 2. The molecule has 0 bridgehead atoms. The number of halogens is 1. The SMILES string of the molecule is C[C@H](N)c1ccccc1OCc1cccc(Cl)c1. The molecule has 2 rings (SSSR count). The predicted octanol–water partition coefficient (Wildman–Crippen LogP) is 3.94. The Hall–Kier alpha value is -1.51. The minimum Gasteiger partial charge on any atom is -0.489 e. The van der Waals surface area contributed by atoms with E-state index in [1.807, 2.05) is 55.5 Å². The fraction of sp³-hybridized carbons (Fsp3) is 0.200. The van der Waals surface area contributed by atoms with Crippen molar-refractivity contribution in [1.82, 2.24) is 0 Å². The zero-order chi connectivity index (χ0) is 13.0. The van der Waals surface area contributed by atoms with E-state index in [1.165, 1.54) is 0 Å². The number of hydrogen-bond donors (Lipinski definition) is 1. The molecule has 0 unspecified atom stereocenters. The Morgan fingerprint density at radius 2 is 1.94 bits per heavy atom. The van der Waals surface area contributed by atoms with E-state index in [4.69, 9.17) is 22.1 Å². The summed E-state index contributed by atoms with van der Waals surface area (Å²) >= 11 is 5.93. The van der Waals surface area contributed by atoms with Crippen LogP contribution in [0.2, 0.25) is 5.02 Å². The van der Waals surface area contributed by atoms with Crippen molar-refractivity contribution in [2.75, 3.05) is 0 Å². The minimum absolute atomic E-state index is 0.0411. The normalized spacial score (nSPS) is 12.2. The third kappa shape index (κ3) is 3.25. The maximum absolute atomic E-state index is 5.93. The summed E-state index contributed by atoms with van der Waals surface area (Å²) in [6.07, 6.45) is 0. The average Bonchev–Trinajstić information content (AvgIpc) is 2.37. The summed E-state index contributed by atoms with van der Waals surface area (Å²) in [5.41, 5.74) is 7.96. The summed E-state index contributed by atoms with van der Waals surface area (Å²) in [6, 6.07) is 15.4. The van der Waals surface area contributed by atoms with Crippen LogP contribution in [0.3, 0.4) is 0 Å². The van der Waals surface area contributed by atoms with E-state index >= 15 is 0 Å². The van der Waals surface area contributed by atoms with Crippen LogP contribution in [0, 0.1) is 0 Å². The van der Waals surface area contributed by atoms with Crippen LogP contribution in [0.4, 0.5) is 0 Å². The van der Waals surface area contributed by atoms with Gasteiger partial charge in [-0.2, -0.15) is 0 Å². The smallest absolute Gasteiger partial charge is 0.124 e. The van der Waals surface area contributed by atoms with Crippen molar-refractivity contribution in [2.45, 2.75) is 19.6 Å². The van der Waals surface area contributed by atoms with Gasteiger partial charge in [-0.1, -0.05) is 41.9 Å². The standard InChI is InChI=1S/C15H16ClNO/c1-11(17)14-7-2-3-8-15(14)18-10-12-5-4-6-13(16)9-12/h2-9,11H,10,17H2,1H3/t11-/m0/s1. The van der Waals surface area contributed by atoms with Crippen LogP contribution in [-0.2, 0) is 6.61 Å². The lowest BCUT2D eigenvalue weighted by atomic mass is 10.1. The second-order valence-corrected chi connectivity index (χ2v) is 4.68. The van der Waals surface area contributed by atoms with Gasteiger partial charge in [-0.3, -0.25) is 0 Å². The van der Waals surface area contributed by atoms with Gasteiger partial charge in [0, 0.05) is 16.6 Å². The second-order valence-electron chi connectivity index (χ2n) is 4.25. The van der Waals surface area contributed by atoms with E-state index < -0.39 is 0 Å². The third-order valence-electron chi connectivity index (χ3n) is 2.69. The van der Waals surface area contributed by atoms with E-state index in [-0.39, 0.29) is 6.04 Å². The summed E-state index contributed by atoms with van der Waals surface area (Å²) < 4.78 is 5.80. The molecule has 2 nitrogen and oxygen atoms in total. The zero-order valence-corrected chi connectivity index (χ0v) is 11.0. The molecule has 0 aliphatic carbocycles. The Labute approximate surface area is 112 Å². The average molecular weight is 262 g/mol. The molecule has 3 heteroatoms. The molecule has 18 heavy (non-hydrogen) atoms. The van der Waals surface area contributed by atoms with Crippen LogP contribution in [0.25, 0.3) is 0 Å². The first-order valence-corrected chi connectivity index (χ1v) is 6.26. The summed E-state index contributed by atoms with van der Waals surface area (Å²) in [7, 11) is 0. The van der Waals surface area contributed by atoms with Gasteiger partial charge in [0.1, 0.15) is 12.4 Å². The summed E-state index contributed by atoms with van der Waals surface area (Å²) in [5.74, 6) is 0.826. The van der Waals surface area contributed by atoms with Gasteiger partial charge < -0.3 is 10.5 Å². The first kappa shape index (κ1) is 12.9. The molecule has 0 radical (unpaired) electrons. The molecule has 0 saturated heterocycles. The highest BCUT2D eigenvalue weighted by Gasteiger charge is 2.07. The number of ether oxygens (including phenoxy) is 1. The number of para-hydroxylation sites is 1. The van der Waals surface area contributed by atoms with Gasteiger partial charge in [0.15, 0.2) is 0 Å². The van der Waals surface area contributed by atoms with Crippen LogP contribution in [0.15, 0.2) is 48.5 Å². The Morgan fingerprint density at radius 3 is 2.67 bits per heavy atom. The second kappa shape index (κ2) is 5.89. The summed E-state index contributed by atoms with van der Waals surface area (Å²) in [6.45, 7) is 2.44. The maximum atomic E-state index is 5.93. The Bertz CT molecular complexity index is 525. The highest BCUT2D eigenvalue weighted by molar-refractivity contribution is 6.30. The molecule has 0 amide bonds. The van der Waals surface area contributed by atoms with Gasteiger partial charge >= 0.3 is 0 Å². The highest BCUT2D eigenvalue weighted by Crippen LogP contribution is 2.24. The minimum atomic E-state index is -0.0411. The molecule has 0 aromatic heterocycles. The molecular weight excluding hydrogens is 246 g/mol. The highest BCUT2D eigenvalue weighted by atomic mass is 35.5. The molecule has 2 aromatic rings. The molecule has 0 saturated carbocycles. The van der Waals surface area contributed by atoms with Crippen molar-refractivity contribution in [3.8, 4) is 5.75 Å². The Morgan fingerprint density at radius 1 is 1.17 bits per heavy atom. The summed E-state index contributed by atoms with van der Waals surface area (Å²) in [4.78, 5) is 0. The first-order valence-electron chi connectivity index (χ1n) is 5.88. The van der Waals surface area contributed by atoms with Gasteiger partial charge in [-0.25, -0.2) is 0 Å². The van der Waals surface area contributed by atoms with Crippen molar-refractivity contribution >= 4 is 11.6 Å². The lowest BCUT2D eigenvalue weighted by Gasteiger charge is -2.13. The van der Waals surface area contributed by atoms with Gasteiger partial charge in [0.2, 0.25) is 0 Å². The molecule has 0 heterocycles. The van der Waals surface area contributed by atoms with E-state index in [2.05, 4.69) is 0 Å². The van der Waals surface area contributed by atoms with Crippen molar-refractivity contribution in [1.29, 1.82) is 0 Å². The van der Waals surface area contributed by atoms with Gasteiger partial charge in [0.25, 0.3) is 0 Å². The van der Waals surface area contributed by atoms with Crippen molar-refractivity contribution in [3.05, 3.63) is 64.7 Å². The predicted molar refractivity (Wildman–Crippen MR) is 74.8 cm³/mol. The third-order valence-corrected chi connectivity index (χ3v) is 2.93. The molecule has 0 aliphatic rings. The lowest BCUT2D eigenvalue weighted by molar-refractivity contribution is 0.301. The van der Waals surface area contributed by atoms with Gasteiger partial charge in [-0.15, -0.1) is 0 Å². The molecule has 2 N–H and O–H groups in total.